The Bertz CT molecular complexity index is 1110. The van der Waals surface area contributed by atoms with Crippen molar-refractivity contribution in [3.05, 3.63) is 58.4 Å². The number of nitrogens with one attached hydrogen (secondary N) is 1. The van der Waals surface area contributed by atoms with Crippen molar-refractivity contribution < 1.29 is 27.8 Å². The van der Waals surface area contributed by atoms with Crippen molar-refractivity contribution in [2.24, 2.45) is 0 Å². The Morgan fingerprint density at radius 3 is 2.20 bits per heavy atom. The van der Waals surface area contributed by atoms with E-state index in [4.69, 9.17) is 30.2 Å². The van der Waals surface area contributed by atoms with Gasteiger partial charge in [0.15, 0.2) is 8.32 Å². The van der Waals surface area contributed by atoms with E-state index in [1.54, 1.807) is 7.11 Å². The highest BCUT2D eigenvalue weighted by Gasteiger charge is 2.41. The van der Waals surface area contributed by atoms with Gasteiger partial charge < -0.3 is 24.0 Å². The van der Waals surface area contributed by atoms with Gasteiger partial charge in [0.1, 0.15) is 35.6 Å². The summed E-state index contributed by atoms with van der Waals surface area (Å²) in [4.78, 5) is 13.0. The number of methoxy groups -OCH3 is 1. The second kappa shape index (κ2) is 14.2. The third kappa shape index (κ3) is 10.4. The van der Waals surface area contributed by atoms with Crippen LogP contribution in [0.5, 0.6) is 11.5 Å². The zero-order chi connectivity index (χ0) is 30.3. The summed E-state index contributed by atoms with van der Waals surface area (Å²) in [6.45, 7) is 19.0. The summed E-state index contributed by atoms with van der Waals surface area (Å²) in [7, 11) is -0.597. The van der Waals surface area contributed by atoms with Crippen molar-refractivity contribution in [1.82, 2.24) is 5.32 Å². The highest BCUT2D eigenvalue weighted by molar-refractivity contribution is 6.74. The molecular weight excluding hydrogens is 549 g/mol. The second-order valence-electron chi connectivity index (χ2n) is 12.6. The van der Waals surface area contributed by atoms with Crippen LogP contribution in [0.25, 0.3) is 0 Å². The van der Waals surface area contributed by atoms with Gasteiger partial charge in [0.05, 0.1) is 12.1 Å². The highest BCUT2D eigenvalue weighted by atomic mass is 35.5. The van der Waals surface area contributed by atoms with Gasteiger partial charge in [-0.3, -0.25) is 0 Å². The maximum Gasteiger partial charge on any atom is 0.334 e. The van der Waals surface area contributed by atoms with Gasteiger partial charge in [-0.05, 0) is 107 Å². The average Bonchev–Trinajstić information content (AvgIpc) is 2.83. The fraction of sp³-hybridized carbons (Fsp3) is 0.581. The SMILES string of the molecule is COc1ccc(OCc2c(Cl)cc(F)cc2[C@H](C)NCCCC(O[Si](C)(C)C(C)(C)C)C(=O)OC(C)(C)C)cc1. The highest BCUT2D eigenvalue weighted by Crippen LogP contribution is 2.38. The molecule has 0 fully saturated rings. The molecular formula is C31H47ClFNO5Si. The van der Waals surface area contributed by atoms with E-state index >= 15 is 0 Å². The lowest BCUT2D eigenvalue weighted by atomic mass is 10.0. The van der Waals surface area contributed by atoms with Crippen LogP contribution in [0.2, 0.25) is 23.2 Å². The predicted octanol–water partition coefficient (Wildman–Crippen LogP) is 8.23. The maximum absolute atomic E-state index is 14.4. The van der Waals surface area contributed by atoms with Crippen LogP contribution in [-0.2, 0) is 20.6 Å². The summed E-state index contributed by atoms with van der Waals surface area (Å²) in [6, 6.07) is 9.82. The standard InChI is InChI=1S/C31H47ClFNO5Si/c1-21(25-18-22(33)19-27(32)26(25)20-37-24-15-13-23(36-8)14-16-24)34-17-11-12-28(29(35)38-30(2,3)4)39-40(9,10)31(5,6)7/h13-16,18-19,21,28,34H,11-12,17,20H2,1-10H3/t21-,28?/m0/s1. The summed E-state index contributed by atoms with van der Waals surface area (Å²) in [5.41, 5.74) is 0.839. The zero-order valence-electron chi connectivity index (χ0n) is 25.7. The number of benzene rings is 2. The molecule has 224 valence electrons. The van der Waals surface area contributed by atoms with Gasteiger partial charge in [0, 0.05) is 11.6 Å². The fourth-order valence-electron chi connectivity index (χ4n) is 3.83. The molecule has 2 aromatic carbocycles. The molecule has 2 rings (SSSR count). The number of esters is 1. The molecule has 0 amide bonds. The molecule has 0 aliphatic rings. The average molecular weight is 596 g/mol. The normalized spacial score (nSPS) is 14.0. The van der Waals surface area contributed by atoms with Crippen LogP contribution in [0.3, 0.4) is 0 Å². The first-order valence-electron chi connectivity index (χ1n) is 13.8. The first-order valence-corrected chi connectivity index (χ1v) is 17.1. The minimum atomic E-state index is -2.20. The fourth-order valence-corrected chi connectivity index (χ4v) is 5.38. The van der Waals surface area contributed by atoms with Crippen molar-refractivity contribution in [2.45, 2.75) is 104 Å². The summed E-state index contributed by atoms with van der Waals surface area (Å²) in [6.07, 6.45) is 0.538. The van der Waals surface area contributed by atoms with Crippen LogP contribution in [0.15, 0.2) is 36.4 Å². The van der Waals surface area contributed by atoms with E-state index in [-0.39, 0.29) is 23.7 Å². The molecule has 0 saturated heterocycles. The number of ether oxygens (including phenoxy) is 3. The Morgan fingerprint density at radius 2 is 1.65 bits per heavy atom. The Hall–Kier alpha value is -2.13. The molecule has 1 unspecified atom stereocenters. The van der Waals surface area contributed by atoms with E-state index in [0.29, 0.717) is 35.7 Å². The van der Waals surface area contributed by atoms with Gasteiger partial charge in [-0.25, -0.2) is 9.18 Å². The molecule has 0 radical (unpaired) electrons. The zero-order valence-corrected chi connectivity index (χ0v) is 27.5. The van der Waals surface area contributed by atoms with Gasteiger partial charge in [0.2, 0.25) is 0 Å². The Balaban J connectivity index is 2.08. The van der Waals surface area contributed by atoms with E-state index in [1.165, 1.54) is 12.1 Å². The van der Waals surface area contributed by atoms with Gasteiger partial charge >= 0.3 is 5.97 Å². The first-order chi connectivity index (χ1) is 18.4. The summed E-state index contributed by atoms with van der Waals surface area (Å²) in [5.74, 6) is 0.645. The molecule has 0 bridgehead atoms. The topological polar surface area (TPSA) is 66.0 Å². The van der Waals surface area contributed by atoms with E-state index < -0.39 is 25.8 Å². The molecule has 0 aromatic heterocycles. The summed E-state index contributed by atoms with van der Waals surface area (Å²) in [5, 5.41) is 3.72. The molecule has 9 heteroatoms. The number of rotatable bonds is 13. The molecule has 0 saturated carbocycles. The lowest BCUT2D eigenvalue weighted by Gasteiger charge is -2.39. The van der Waals surface area contributed by atoms with Crippen molar-refractivity contribution in [1.29, 1.82) is 0 Å². The van der Waals surface area contributed by atoms with Crippen LogP contribution < -0.4 is 14.8 Å². The minimum Gasteiger partial charge on any atom is -0.497 e. The monoisotopic (exact) mass is 595 g/mol. The van der Waals surface area contributed by atoms with Gasteiger partial charge in [-0.1, -0.05) is 32.4 Å². The number of hydrogen-bond donors (Lipinski definition) is 1. The molecule has 0 aliphatic heterocycles. The Kier molecular flexibility index (Phi) is 12.1. The molecule has 0 spiro atoms. The van der Waals surface area contributed by atoms with Crippen LogP contribution in [0.4, 0.5) is 4.39 Å². The van der Waals surface area contributed by atoms with E-state index in [9.17, 15) is 9.18 Å². The van der Waals surface area contributed by atoms with Crippen molar-refractivity contribution in [2.75, 3.05) is 13.7 Å². The Morgan fingerprint density at radius 1 is 1.05 bits per heavy atom. The van der Waals surface area contributed by atoms with Gasteiger partial charge in [0.25, 0.3) is 0 Å². The largest absolute Gasteiger partial charge is 0.497 e. The van der Waals surface area contributed by atoms with Crippen molar-refractivity contribution in [3.63, 3.8) is 0 Å². The first kappa shape index (κ1) is 34.1. The van der Waals surface area contributed by atoms with Crippen molar-refractivity contribution in [3.8, 4) is 11.5 Å². The van der Waals surface area contributed by atoms with E-state index in [1.807, 2.05) is 52.0 Å². The van der Waals surface area contributed by atoms with Gasteiger partial charge in [-0.2, -0.15) is 0 Å². The number of carbonyl (C=O) groups is 1. The number of carbonyl (C=O) groups excluding carboxylic acids is 1. The van der Waals surface area contributed by atoms with E-state index in [2.05, 4.69) is 39.2 Å². The van der Waals surface area contributed by atoms with Crippen LogP contribution in [0, 0.1) is 5.82 Å². The minimum absolute atomic E-state index is 0.0407. The second-order valence-corrected chi connectivity index (χ2v) is 17.8. The summed E-state index contributed by atoms with van der Waals surface area (Å²) >= 11 is 6.45. The molecule has 0 heterocycles. The smallest absolute Gasteiger partial charge is 0.334 e. The predicted molar refractivity (Wildman–Crippen MR) is 162 cm³/mol. The number of hydrogen-bond acceptors (Lipinski definition) is 6. The van der Waals surface area contributed by atoms with Gasteiger partial charge in [-0.15, -0.1) is 0 Å². The van der Waals surface area contributed by atoms with Crippen LogP contribution in [-0.4, -0.2) is 39.6 Å². The van der Waals surface area contributed by atoms with Crippen LogP contribution >= 0.6 is 11.6 Å². The quantitative estimate of drug-likeness (QED) is 0.143. The third-order valence-corrected chi connectivity index (χ3v) is 11.9. The summed E-state index contributed by atoms with van der Waals surface area (Å²) < 4.78 is 37.7. The maximum atomic E-state index is 14.4. The van der Waals surface area contributed by atoms with E-state index in [0.717, 1.165) is 11.3 Å². The molecule has 40 heavy (non-hydrogen) atoms. The Labute approximate surface area is 246 Å². The van der Waals surface area contributed by atoms with Crippen LogP contribution in [0.1, 0.15) is 78.5 Å². The molecule has 0 aliphatic carbocycles. The molecule has 1 N–H and O–H groups in total. The molecule has 2 atom stereocenters. The third-order valence-electron chi connectivity index (χ3n) is 7.11. The lowest BCUT2D eigenvalue weighted by molar-refractivity contribution is -0.164. The molecule has 6 nitrogen and oxygen atoms in total. The van der Waals surface area contributed by atoms with Crippen molar-refractivity contribution >= 4 is 25.9 Å². The lowest BCUT2D eigenvalue weighted by Crippen LogP contribution is -2.47. The molecule has 2 aromatic rings. The number of halogens is 2.